The second-order valence-electron chi connectivity index (χ2n) is 17.6. The van der Waals surface area contributed by atoms with Crippen LogP contribution in [0.15, 0.2) is 109 Å². The molecule has 5 heterocycles. The molecule has 3 saturated heterocycles. The molecule has 61 heavy (non-hydrogen) atoms. The molecular weight excluding hydrogens is 787 g/mol. The number of methoxy groups -OCH3 is 1. The number of rotatable bonds is 12. The topological polar surface area (TPSA) is 146 Å². The lowest BCUT2D eigenvalue weighted by Gasteiger charge is -2.39. The quantitative estimate of drug-likeness (QED) is 0.132. The maximum Gasteiger partial charge on any atom is 0.264 e. The number of hydrogen-bond acceptors (Lipinski definition) is 10. The summed E-state index contributed by atoms with van der Waals surface area (Å²) in [5.74, 6) is -0.152. The number of aryl methyl sites for hydroxylation is 1. The Morgan fingerprint density at radius 3 is 2.36 bits per heavy atom. The molecule has 318 valence electrons. The first-order valence-electron chi connectivity index (χ1n) is 21.4. The summed E-state index contributed by atoms with van der Waals surface area (Å²) in [7, 11) is -1.33. The van der Waals surface area contributed by atoms with E-state index in [1.54, 1.807) is 16.7 Å². The maximum absolute atomic E-state index is 15.3. The Morgan fingerprint density at radius 2 is 1.66 bits per heavy atom. The summed E-state index contributed by atoms with van der Waals surface area (Å²) in [5.41, 5.74) is 3.49. The zero-order valence-electron chi connectivity index (χ0n) is 35.3. The van der Waals surface area contributed by atoms with Crippen LogP contribution >= 0.6 is 0 Å². The number of benzene rings is 4. The van der Waals surface area contributed by atoms with Gasteiger partial charge in [-0.2, -0.15) is 0 Å². The number of nitrogens with one attached hydrogen (secondary N) is 1. The molecule has 0 aliphatic carbocycles. The van der Waals surface area contributed by atoms with Crippen molar-refractivity contribution in [2.24, 2.45) is 5.92 Å². The zero-order valence-corrected chi connectivity index (χ0v) is 36.3. The van der Waals surface area contributed by atoms with Crippen molar-refractivity contribution in [3.63, 3.8) is 0 Å². The highest BCUT2D eigenvalue weighted by Crippen LogP contribution is 2.60. The molecule has 9 rings (SSSR count). The third-order valence-corrected chi connectivity index (χ3v) is 16.1. The smallest absolute Gasteiger partial charge is 0.264 e. The Morgan fingerprint density at radius 1 is 0.934 bits per heavy atom. The summed E-state index contributed by atoms with van der Waals surface area (Å²) in [6.07, 6.45) is 3.32. The van der Waals surface area contributed by atoms with Crippen LogP contribution in [0.1, 0.15) is 54.5 Å². The van der Waals surface area contributed by atoms with Gasteiger partial charge in [0.25, 0.3) is 11.8 Å². The van der Waals surface area contributed by atoms with Crippen LogP contribution in [0.3, 0.4) is 0 Å². The van der Waals surface area contributed by atoms with Gasteiger partial charge in [0.1, 0.15) is 11.3 Å². The number of hydrogen-bond donors (Lipinski definition) is 3. The van der Waals surface area contributed by atoms with Crippen molar-refractivity contribution in [3.8, 4) is 5.75 Å². The molecule has 0 radical (unpaired) electrons. The summed E-state index contributed by atoms with van der Waals surface area (Å²) in [6.45, 7) is 8.45. The van der Waals surface area contributed by atoms with E-state index in [2.05, 4.69) is 32.7 Å². The predicted octanol–water partition coefficient (Wildman–Crippen LogP) is 5.78. The van der Waals surface area contributed by atoms with Gasteiger partial charge in [-0.3, -0.25) is 19.2 Å². The largest absolute Gasteiger partial charge is 0.497 e. The lowest BCUT2D eigenvalue weighted by atomic mass is 9.82. The average Bonchev–Trinajstić information content (AvgIpc) is 4.00. The van der Waals surface area contributed by atoms with E-state index in [0.29, 0.717) is 43.9 Å². The molecule has 4 aliphatic heterocycles. The van der Waals surface area contributed by atoms with E-state index in [4.69, 9.17) is 9.47 Å². The van der Waals surface area contributed by atoms with Gasteiger partial charge in [-0.1, -0.05) is 72.8 Å². The summed E-state index contributed by atoms with van der Waals surface area (Å²) in [5, 5.41) is 22.5. The van der Waals surface area contributed by atoms with Gasteiger partial charge in [-0.25, -0.2) is 0 Å². The molecule has 4 aliphatic rings. The maximum atomic E-state index is 15.3. The van der Waals surface area contributed by atoms with Gasteiger partial charge in [0.2, 0.25) is 0 Å². The number of aromatic nitrogens is 3. The fraction of sp³-hybridized carbons (Fsp3) is 0.404. The number of anilines is 3. The number of nitrogens with zero attached hydrogens (tertiary/aromatic N) is 6. The Labute approximate surface area is 358 Å². The van der Waals surface area contributed by atoms with Crippen LogP contribution in [0.5, 0.6) is 5.75 Å². The number of aliphatic hydroxyl groups is 1. The van der Waals surface area contributed by atoms with Crippen molar-refractivity contribution >= 4 is 37.2 Å². The van der Waals surface area contributed by atoms with Crippen molar-refractivity contribution in [2.45, 2.75) is 81.1 Å². The number of carbonyl (C=O) groups is 2. The van der Waals surface area contributed by atoms with Crippen LogP contribution in [0.25, 0.3) is 0 Å². The second-order valence-corrected chi connectivity index (χ2v) is 21.5. The van der Waals surface area contributed by atoms with Crippen molar-refractivity contribution in [2.75, 3.05) is 48.2 Å². The van der Waals surface area contributed by atoms with Crippen molar-refractivity contribution in [3.05, 3.63) is 132 Å². The van der Waals surface area contributed by atoms with E-state index in [1.165, 1.54) is 0 Å². The average molecular weight is 842 g/mol. The highest BCUT2D eigenvalue weighted by molar-refractivity contribution is 6.71. The Kier molecular flexibility index (Phi) is 10.8. The van der Waals surface area contributed by atoms with Gasteiger partial charge < -0.3 is 34.5 Å². The summed E-state index contributed by atoms with van der Waals surface area (Å²) >= 11 is 0. The molecule has 1 unspecified atom stereocenters. The Hall–Kier alpha value is -5.38. The first-order valence-corrected chi connectivity index (χ1v) is 24.4. The van der Waals surface area contributed by atoms with Gasteiger partial charge in [-0.15, -0.1) is 5.10 Å². The Balaban J connectivity index is 1.00. The fourth-order valence-electron chi connectivity index (χ4n) is 10.7. The van der Waals surface area contributed by atoms with Gasteiger partial charge in [-0.05, 0) is 99.0 Å². The molecule has 3 N–H and O–H groups in total. The molecule has 14 heteroatoms. The van der Waals surface area contributed by atoms with Crippen LogP contribution in [0, 0.1) is 5.92 Å². The highest BCUT2D eigenvalue weighted by atomic mass is 28.4. The monoisotopic (exact) mass is 841 g/mol. The van der Waals surface area contributed by atoms with Gasteiger partial charge in [0.05, 0.1) is 50.3 Å². The number of fused-ring (bicyclic) bond motifs is 2. The highest BCUT2D eigenvalue weighted by Gasteiger charge is 2.66. The summed E-state index contributed by atoms with van der Waals surface area (Å²) in [4.78, 5) is 47.7. The number of aliphatic hydroxyl groups excluding tert-OH is 1. The standard InChI is InChI=1S/C47H55N7O6Si/c1-32-43(61(3,4)58)42(20-25-51-29-40(49-50-51)38(30-55)34-13-7-5-8-14-34)60-47(32)39-27-37(59-2)18-19-41(39)52(45(47)57)28-33-12-11-17-36(26-33)53-31-54(35-15-9-6-10-16-35)46(44(53)56)21-23-48-24-22-46/h5-19,26-27,29,32,38,42-43,48,55,58H,20-25,28,30-31H2,1-4H3/t32-,38?,42+,43-,47+/m1/s1. The van der Waals surface area contributed by atoms with Crippen LogP contribution in [0.2, 0.25) is 18.6 Å². The Bertz CT molecular complexity index is 2390. The van der Waals surface area contributed by atoms with E-state index < -0.39 is 25.6 Å². The van der Waals surface area contributed by atoms with E-state index in [9.17, 15) is 14.7 Å². The minimum atomic E-state index is -2.94. The third kappa shape index (κ3) is 7.03. The minimum absolute atomic E-state index is 0.0937. The zero-order chi connectivity index (χ0) is 42.5. The van der Waals surface area contributed by atoms with Crippen LogP contribution in [-0.2, 0) is 33.0 Å². The first kappa shape index (κ1) is 41.0. The number of para-hydroxylation sites is 1. The molecule has 0 bridgehead atoms. The molecule has 13 nitrogen and oxygen atoms in total. The molecule has 1 aromatic heterocycles. The number of piperidine rings is 1. The molecule has 5 atom stereocenters. The predicted molar refractivity (Wildman–Crippen MR) is 236 cm³/mol. The molecular formula is C47H55N7O6Si. The van der Waals surface area contributed by atoms with Crippen LogP contribution < -0.4 is 24.8 Å². The molecule has 0 saturated carbocycles. The van der Waals surface area contributed by atoms with E-state index in [0.717, 1.165) is 46.8 Å². The molecule has 4 aromatic carbocycles. The van der Waals surface area contributed by atoms with Crippen molar-refractivity contribution in [1.29, 1.82) is 0 Å². The SMILES string of the molecule is COc1ccc2c(c1)[C@]1(O[C@@H](CCn3cc(C(CO)c4ccccc4)nn3)[C@H]([Si](C)(C)O)[C@H]1C)C(=O)N2Cc1cccc(N2CN(c3ccccc3)C3(CCNCC3)C2=O)c1. The molecule has 2 spiro atoms. The van der Waals surface area contributed by atoms with Gasteiger partial charge >= 0.3 is 0 Å². The number of carbonyl (C=O) groups excluding carboxylic acids is 2. The van der Waals surface area contributed by atoms with Gasteiger partial charge in [0.15, 0.2) is 13.9 Å². The van der Waals surface area contributed by atoms with Crippen molar-refractivity contribution in [1.82, 2.24) is 20.3 Å². The van der Waals surface area contributed by atoms with Gasteiger partial charge in [0, 0.05) is 41.1 Å². The molecule has 3 fully saturated rings. The van der Waals surface area contributed by atoms with E-state index >= 15 is 4.79 Å². The molecule has 2 amide bonds. The lowest BCUT2D eigenvalue weighted by Crippen LogP contribution is -2.55. The van der Waals surface area contributed by atoms with E-state index in [1.807, 2.05) is 122 Å². The minimum Gasteiger partial charge on any atom is -0.497 e. The fourth-order valence-corrected chi connectivity index (χ4v) is 13.3. The van der Waals surface area contributed by atoms with Crippen LogP contribution in [-0.4, -0.2) is 90.1 Å². The first-order chi connectivity index (χ1) is 29.5. The molecule has 5 aromatic rings. The second kappa shape index (κ2) is 16.1. The normalized spacial score (nSPS) is 24.0. The van der Waals surface area contributed by atoms with E-state index in [-0.39, 0.29) is 42.3 Å². The third-order valence-electron chi connectivity index (χ3n) is 13.6. The lowest BCUT2D eigenvalue weighted by molar-refractivity contribution is -0.146. The van der Waals surface area contributed by atoms with Crippen LogP contribution in [0.4, 0.5) is 17.1 Å². The number of amides is 2. The number of ether oxygens (including phenoxy) is 2. The van der Waals surface area contributed by atoms with Crippen molar-refractivity contribution < 1.29 is 29.0 Å². The summed E-state index contributed by atoms with van der Waals surface area (Å²) < 4.78 is 14.6. The summed E-state index contributed by atoms with van der Waals surface area (Å²) in [6, 6.07) is 33.6.